The van der Waals surface area contributed by atoms with Crippen LogP contribution in [0.4, 0.5) is 0 Å². The van der Waals surface area contributed by atoms with Gasteiger partial charge in [-0.2, -0.15) is 0 Å². The number of ether oxygens (including phenoxy) is 1. The summed E-state index contributed by atoms with van der Waals surface area (Å²) in [6.45, 7) is 4.99. The van der Waals surface area contributed by atoms with E-state index < -0.39 is 12.1 Å². The number of rotatable bonds is 75. The van der Waals surface area contributed by atoms with Crippen LogP contribution in [0.3, 0.4) is 0 Å². The van der Waals surface area contributed by atoms with Crippen LogP contribution in [0.25, 0.3) is 0 Å². The number of amides is 1. The molecule has 0 bridgehead atoms. The minimum Gasteiger partial charge on any atom is -0.466 e. The van der Waals surface area contributed by atoms with E-state index in [0.717, 1.165) is 51.4 Å². The van der Waals surface area contributed by atoms with Gasteiger partial charge in [0.25, 0.3) is 0 Å². The number of aliphatic hydroxyl groups is 2. The summed E-state index contributed by atoms with van der Waals surface area (Å²) in [4.78, 5) is 24.6. The van der Waals surface area contributed by atoms with Gasteiger partial charge in [-0.1, -0.05) is 384 Å². The van der Waals surface area contributed by atoms with Crippen LogP contribution < -0.4 is 5.32 Å². The van der Waals surface area contributed by atoms with Gasteiger partial charge in [0.1, 0.15) is 0 Å². The molecule has 0 aromatic heterocycles. The number of aliphatic hydroxyl groups excluding tert-OH is 2. The van der Waals surface area contributed by atoms with Gasteiger partial charge in [0.2, 0.25) is 5.91 Å². The minimum atomic E-state index is -0.662. The van der Waals surface area contributed by atoms with Gasteiger partial charge in [-0.05, 0) is 83.5 Å². The molecule has 0 aliphatic carbocycles. The first-order valence-corrected chi connectivity index (χ1v) is 39.7. The minimum absolute atomic E-state index is 0.0136. The van der Waals surface area contributed by atoms with E-state index in [0.29, 0.717) is 25.9 Å². The first kappa shape index (κ1) is 85.1. The molecule has 6 heteroatoms. The summed E-state index contributed by atoms with van der Waals surface area (Å²) in [6, 6.07) is -0.539. The highest BCUT2D eigenvalue weighted by atomic mass is 16.5. The monoisotopic (exact) mass is 1220 g/mol. The highest BCUT2D eigenvalue weighted by Crippen LogP contribution is 2.20. The number of hydrogen-bond donors (Lipinski definition) is 3. The Morgan fingerprint density at radius 1 is 0.322 bits per heavy atom. The predicted octanol–water partition coefficient (Wildman–Crippen LogP) is 26.2. The predicted molar refractivity (Wildman–Crippen MR) is 384 cm³/mol. The van der Waals surface area contributed by atoms with Gasteiger partial charge in [-0.15, -0.1) is 0 Å². The molecule has 0 rings (SSSR count). The van der Waals surface area contributed by atoms with Crippen LogP contribution in [-0.4, -0.2) is 47.4 Å². The molecular formula is C81H155NO5. The molecule has 0 saturated heterocycles. The normalized spacial score (nSPS) is 12.6. The molecule has 0 saturated carbocycles. The molecule has 0 heterocycles. The Bertz CT molecular complexity index is 1410. The summed E-state index contributed by atoms with van der Waals surface area (Å²) in [6.07, 6.45) is 99.6. The fraction of sp³-hybridized carbons (Fsp3) is 0.901. The van der Waals surface area contributed by atoms with Crippen LogP contribution in [-0.2, 0) is 14.3 Å². The van der Waals surface area contributed by atoms with Crippen LogP contribution in [0.5, 0.6) is 0 Å². The molecule has 0 aromatic rings. The molecule has 2 atom stereocenters. The second kappa shape index (κ2) is 76.5. The fourth-order valence-electron chi connectivity index (χ4n) is 12.6. The third-order valence-electron chi connectivity index (χ3n) is 18.7. The molecule has 3 N–H and O–H groups in total. The SMILES string of the molecule is CCCCCCCCC/C=C\CCCCCCCC(=O)OCCCCCCCCCCCCCCCCC/C=C\C/C=C\CCCCCCCCCCCCCCCCCCCC(=O)NC(CO)C(O)CCCCCCCCCCCCCCCCC. The van der Waals surface area contributed by atoms with Gasteiger partial charge < -0.3 is 20.3 Å². The lowest BCUT2D eigenvalue weighted by Crippen LogP contribution is -2.45. The van der Waals surface area contributed by atoms with Gasteiger partial charge in [-0.3, -0.25) is 9.59 Å². The number of unbranched alkanes of at least 4 members (excludes halogenated alkanes) is 58. The molecule has 0 aromatic carbocycles. The number of allylic oxidation sites excluding steroid dienone is 6. The van der Waals surface area contributed by atoms with E-state index in [4.69, 9.17) is 4.74 Å². The van der Waals surface area contributed by atoms with Crippen molar-refractivity contribution in [3.63, 3.8) is 0 Å². The quantitative estimate of drug-likeness (QED) is 0.0320. The van der Waals surface area contributed by atoms with E-state index >= 15 is 0 Å². The molecule has 1 amide bonds. The summed E-state index contributed by atoms with van der Waals surface area (Å²) < 4.78 is 5.50. The highest BCUT2D eigenvalue weighted by molar-refractivity contribution is 5.76. The van der Waals surface area contributed by atoms with Gasteiger partial charge in [0, 0.05) is 12.8 Å². The molecule has 0 radical (unpaired) electrons. The Kier molecular flexibility index (Phi) is 74.8. The van der Waals surface area contributed by atoms with Gasteiger partial charge in [0.05, 0.1) is 25.4 Å². The molecule has 2 unspecified atom stereocenters. The standard InChI is InChI=1S/C81H155NO5/c1-3-5-7-9-11-13-15-17-19-47-51-55-59-63-67-71-75-81(86)87-76-72-68-64-60-56-52-48-44-42-40-38-36-34-32-30-28-26-24-22-20-21-23-25-27-29-31-33-35-37-39-41-43-46-50-54-58-62-66-70-74-80(85)82-78(77-83)79(84)73-69-65-61-57-53-49-45-18-16-14-12-10-8-6-4-2/h19-21,24,26,47,78-79,83-84H,3-18,22-23,25,27-46,48-77H2,1-2H3,(H,82,85)/b21-20-,26-24-,47-19-. The molecule has 514 valence electrons. The summed E-state index contributed by atoms with van der Waals surface area (Å²) in [7, 11) is 0. The van der Waals surface area contributed by atoms with Crippen LogP contribution in [0.1, 0.15) is 444 Å². The van der Waals surface area contributed by atoms with E-state index in [1.807, 2.05) is 0 Å². The van der Waals surface area contributed by atoms with Crippen molar-refractivity contribution in [3.8, 4) is 0 Å². The van der Waals surface area contributed by atoms with E-state index in [2.05, 4.69) is 55.6 Å². The van der Waals surface area contributed by atoms with Crippen molar-refractivity contribution in [2.45, 2.75) is 456 Å². The second-order valence-electron chi connectivity index (χ2n) is 27.4. The average molecular weight is 1220 g/mol. The summed E-state index contributed by atoms with van der Waals surface area (Å²) >= 11 is 0. The van der Waals surface area contributed by atoms with E-state index in [-0.39, 0.29) is 18.5 Å². The van der Waals surface area contributed by atoms with Crippen LogP contribution in [0.2, 0.25) is 0 Å². The van der Waals surface area contributed by atoms with Crippen molar-refractivity contribution < 1.29 is 24.5 Å². The van der Waals surface area contributed by atoms with Crippen molar-refractivity contribution in [2.75, 3.05) is 13.2 Å². The van der Waals surface area contributed by atoms with Crippen molar-refractivity contribution >= 4 is 11.9 Å². The first-order valence-electron chi connectivity index (χ1n) is 39.7. The van der Waals surface area contributed by atoms with E-state index in [1.54, 1.807) is 0 Å². The summed E-state index contributed by atoms with van der Waals surface area (Å²) in [5.41, 5.74) is 0. The van der Waals surface area contributed by atoms with Gasteiger partial charge >= 0.3 is 5.97 Å². The summed E-state index contributed by atoms with van der Waals surface area (Å²) in [5.74, 6) is -0.0151. The zero-order chi connectivity index (χ0) is 62.8. The Balaban J connectivity index is 3.34. The van der Waals surface area contributed by atoms with Gasteiger partial charge in [-0.25, -0.2) is 0 Å². The molecular weight excluding hydrogens is 1070 g/mol. The number of esters is 1. The zero-order valence-corrected chi connectivity index (χ0v) is 59.0. The fourth-order valence-corrected chi connectivity index (χ4v) is 12.6. The first-order chi connectivity index (χ1) is 43.0. The number of hydrogen-bond acceptors (Lipinski definition) is 5. The Labute approximate surface area is 544 Å². The molecule has 6 nitrogen and oxygen atoms in total. The van der Waals surface area contributed by atoms with E-state index in [1.165, 1.54) is 360 Å². The van der Waals surface area contributed by atoms with Crippen molar-refractivity contribution in [3.05, 3.63) is 36.5 Å². The largest absolute Gasteiger partial charge is 0.466 e. The molecule has 0 fully saturated rings. The Hall–Kier alpha value is -1.92. The molecule has 0 aliphatic heterocycles. The van der Waals surface area contributed by atoms with E-state index in [9.17, 15) is 19.8 Å². The lowest BCUT2D eigenvalue weighted by Gasteiger charge is -2.22. The number of carbonyl (C=O) groups is 2. The number of nitrogens with one attached hydrogen (secondary N) is 1. The Morgan fingerprint density at radius 2 is 0.575 bits per heavy atom. The average Bonchev–Trinajstić information content (AvgIpc) is 3.56. The van der Waals surface area contributed by atoms with Crippen LogP contribution >= 0.6 is 0 Å². The highest BCUT2D eigenvalue weighted by Gasteiger charge is 2.20. The third-order valence-corrected chi connectivity index (χ3v) is 18.7. The zero-order valence-electron chi connectivity index (χ0n) is 59.0. The third kappa shape index (κ3) is 73.0. The maximum absolute atomic E-state index is 12.5. The van der Waals surface area contributed by atoms with Crippen molar-refractivity contribution in [1.29, 1.82) is 0 Å². The van der Waals surface area contributed by atoms with Crippen LogP contribution in [0, 0.1) is 0 Å². The maximum Gasteiger partial charge on any atom is 0.305 e. The molecule has 0 spiro atoms. The molecule has 87 heavy (non-hydrogen) atoms. The topological polar surface area (TPSA) is 95.9 Å². The maximum atomic E-state index is 12.5. The lowest BCUT2D eigenvalue weighted by molar-refractivity contribution is -0.143. The van der Waals surface area contributed by atoms with Crippen molar-refractivity contribution in [1.82, 2.24) is 5.32 Å². The second-order valence-corrected chi connectivity index (χ2v) is 27.4. The van der Waals surface area contributed by atoms with Crippen LogP contribution in [0.15, 0.2) is 36.5 Å². The number of carbonyl (C=O) groups excluding carboxylic acids is 2. The summed E-state index contributed by atoms with van der Waals surface area (Å²) in [5, 5.41) is 23.4. The Morgan fingerprint density at radius 3 is 0.885 bits per heavy atom. The van der Waals surface area contributed by atoms with Gasteiger partial charge in [0.15, 0.2) is 0 Å². The lowest BCUT2D eigenvalue weighted by atomic mass is 10.0. The van der Waals surface area contributed by atoms with Crippen molar-refractivity contribution in [2.24, 2.45) is 0 Å². The smallest absolute Gasteiger partial charge is 0.305 e. The molecule has 0 aliphatic rings.